The lowest BCUT2D eigenvalue weighted by molar-refractivity contribution is -0.117. The summed E-state index contributed by atoms with van der Waals surface area (Å²) >= 11 is 0. The summed E-state index contributed by atoms with van der Waals surface area (Å²) in [6.45, 7) is 1.93. The largest absolute Gasteiger partial charge is 0.494 e. The first kappa shape index (κ1) is 24.7. The standard InChI is InChI=1S/C17H23N5O3.2ClH/c1-3-4-16(23)22-14-6-5-11(8-15(14)25-2)21-17(24)13(18)7-12-9-19-10-20-12;;/h5-6,8-10,13H,3-4,7,18H2,1-2H3,(H,19,20)(H,21,24)(H,22,23);2*1H/t13-;;/m0../s1. The molecule has 5 N–H and O–H groups in total. The van der Waals surface area contributed by atoms with Gasteiger partial charge in [0.25, 0.3) is 0 Å². The third kappa shape index (κ3) is 7.46. The second-order valence-corrected chi connectivity index (χ2v) is 5.59. The molecule has 1 aromatic carbocycles. The highest BCUT2D eigenvalue weighted by molar-refractivity contribution is 5.96. The fourth-order valence-corrected chi connectivity index (χ4v) is 2.27. The van der Waals surface area contributed by atoms with Gasteiger partial charge in [0, 0.05) is 36.5 Å². The van der Waals surface area contributed by atoms with E-state index in [1.165, 1.54) is 13.4 Å². The Morgan fingerprint density at radius 2 is 2.04 bits per heavy atom. The number of amides is 2. The van der Waals surface area contributed by atoms with Crippen molar-refractivity contribution >= 4 is 48.0 Å². The number of carbonyl (C=O) groups excluding carboxylic acids is 2. The van der Waals surface area contributed by atoms with Crippen molar-refractivity contribution in [1.29, 1.82) is 0 Å². The number of nitrogens with zero attached hydrogens (tertiary/aromatic N) is 1. The molecule has 2 rings (SSSR count). The van der Waals surface area contributed by atoms with Crippen molar-refractivity contribution in [2.24, 2.45) is 5.73 Å². The summed E-state index contributed by atoms with van der Waals surface area (Å²) in [5.74, 6) is 0.0583. The van der Waals surface area contributed by atoms with Crippen molar-refractivity contribution in [2.45, 2.75) is 32.2 Å². The van der Waals surface area contributed by atoms with Gasteiger partial charge in [0.05, 0.1) is 25.2 Å². The average molecular weight is 418 g/mol. The van der Waals surface area contributed by atoms with Crippen LogP contribution in [0.5, 0.6) is 5.75 Å². The predicted octanol–water partition coefficient (Wildman–Crippen LogP) is 2.51. The topological polar surface area (TPSA) is 122 Å². The van der Waals surface area contributed by atoms with E-state index in [4.69, 9.17) is 10.5 Å². The summed E-state index contributed by atoms with van der Waals surface area (Å²) in [6.07, 6.45) is 4.72. The highest BCUT2D eigenvalue weighted by Gasteiger charge is 2.16. The first-order valence-electron chi connectivity index (χ1n) is 8.05. The van der Waals surface area contributed by atoms with Crippen LogP contribution in [0.1, 0.15) is 25.5 Å². The molecule has 8 nitrogen and oxygen atoms in total. The van der Waals surface area contributed by atoms with Crippen LogP contribution in [0.4, 0.5) is 11.4 Å². The molecule has 0 saturated carbocycles. The van der Waals surface area contributed by atoms with Crippen LogP contribution in [0.2, 0.25) is 0 Å². The number of nitrogens with one attached hydrogen (secondary N) is 3. The number of H-pyrrole nitrogens is 1. The molecule has 10 heteroatoms. The maximum absolute atomic E-state index is 12.2. The summed E-state index contributed by atoms with van der Waals surface area (Å²) in [5.41, 5.74) is 7.79. The van der Waals surface area contributed by atoms with Crippen LogP contribution in [0.15, 0.2) is 30.7 Å². The van der Waals surface area contributed by atoms with Crippen molar-refractivity contribution in [3.63, 3.8) is 0 Å². The Morgan fingerprint density at radius 3 is 2.63 bits per heavy atom. The molecule has 0 aliphatic carbocycles. The van der Waals surface area contributed by atoms with E-state index in [-0.39, 0.29) is 36.6 Å². The number of aromatic amines is 1. The number of hydrogen-bond acceptors (Lipinski definition) is 5. The molecule has 0 unspecified atom stereocenters. The summed E-state index contributed by atoms with van der Waals surface area (Å²) < 4.78 is 5.28. The average Bonchev–Trinajstić information content (AvgIpc) is 3.09. The van der Waals surface area contributed by atoms with Crippen LogP contribution in [0.3, 0.4) is 0 Å². The third-order valence-corrected chi connectivity index (χ3v) is 3.55. The number of aromatic nitrogens is 2. The molecule has 2 amide bonds. The van der Waals surface area contributed by atoms with Gasteiger partial charge in [-0.05, 0) is 18.6 Å². The first-order chi connectivity index (χ1) is 12.0. The Balaban J connectivity index is 0.00000338. The van der Waals surface area contributed by atoms with E-state index in [0.717, 1.165) is 12.1 Å². The zero-order valence-electron chi connectivity index (χ0n) is 15.2. The van der Waals surface area contributed by atoms with Crippen molar-refractivity contribution in [2.75, 3.05) is 17.7 Å². The number of hydrogen-bond donors (Lipinski definition) is 4. The fourth-order valence-electron chi connectivity index (χ4n) is 2.27. The normalized spacial score (nSPS) is 10.8. The minimum absolute atomic E-state index is 0. The second kappa shape index (κ2) is 12.2. The Morgan fingerprint density at radius 1 is 1.30 bits per heavy atom. The van der Waals surface area contributed by atoms with Crippen molar-refractivity contribution in [3.05, 3.63) is 36.4 Å². The number of carbonyl (C=O) groups is 2. The number of imidazole rings is 1. The number of methoxy groups -OCH3 is 1. The van der Waals surface area contributed by atoms with Gasteiger partial charge >= 0.3 is 0 Å². The fraction of sp³-hybridized carbons (Fsp3) is 0.353. The lowest BCUT2D eigenvalue weighted by atomic mass is 10.1. The van der Waals surface area contributed by atoms with E-state index in [9.17, 15) is 9.59 Å². The molecule has 0 aliphatic heterocycles. The molecule has 1 heterocycles. The quantitative estimate of drug-likeness (QED) is 0.525. The van der Waals surface area contributed by atoms with Gasteiger partial charge in [0.1, 0.15) is 5.75 Å². The Kier molecular flexibility index (Phi) is 11.1. The van der Waals surface area contributed by atoms with Gasteiger partial charge in [0.2, 0.25) is 11.8 Å². The molecular formula is C17H25Cl2N5O3. The van der Waals surface area contributed by atoms with Gasteiger partial charge in [-0.15, -0.1) is 24.8 Å². The van der Waals surface area contributed by atoms with Gasteiger partial charge < -0.3 is 26.1 Å². The molecule has 2 aromatic rings. The van der Waals surface area contributed by atoms with Gasteiger partial charge in [-0.25, -0.2) is 4.98 Å². The summed E-state index contributed by atoms with van der Waals surface area (Å²) in [4.78, 5) is 30.7. The maximum Gasteiger partial charge on any atom is 0.241 e. The Hall–Kier alpha value is -2.29. The lowest BCUT2D eigenvalue weighted by Gasteiger charge is -2.14. The SMILES string of the molecule is CCCC(=O)Nc1ccc(NC(=O)[C@@H](N)Cc2cnc[nH]2)cc1OC.Cl.Cl. The van der Waals surface area contributed by atoms with E-state index in [0.29, 0.717) is 30.0 Å². The van der Waals surface area contributed by atoms with Crippen molar-refractivity contribution < 1.29 is 14.3 Å². The molecule has 0 spiro atoms. The first-order valence-corrected chi connectivity index (χ1v) is 8.05. The van der Waals surface area contributed by atoms with Crippen LogP contribution >= 0.6 is 24.8 Å². The van der Waals surface area contributed by atoms with Gasteiger partial charge in [-0.1, -0.05) is 6.92 Å². The van der Waals surface area contributed by atoms with Crippen LogP contribution < -0.4 is 21.1 Å². The highest BCUT2D eigenvalue weighted by Crippen LogP contribution is 2.28. The van der Waals surface area contributed by atoms with Gasteiger partial charge in [-0.2, -0.15) is 0 Å². The summed E-state index contributed by atoms with van der Waals surface area (Å²) in [7, 11) is 1.50. The molecular weight excluding hydrogens is 393 g/mol. The number of nitrogens with two attached hydrogens (primary N) is 1. The number of halogens is 2. The number of benzene rings is 1. The molecule has 0 aliphatic rings. The van der Waals surface area contributed by atoms with Crippen LogP contribution in [-0.2, 0) is 16.0 Å². The molecule has 0 bridgehead atoms. The van der Waals surface area contributed by atoms with E-state index in [1.807, 2.05) is 6.92 Å². The molecule has 0 fully saturated rings. The molecule has 1 aromatic heterocycles. The summed E-state index contributed by atoms with van der Waals surface area (Å²) in [5, 5.41) is 5.53. The predicted molar refractivity (Wildman–Crippen MR) is 110 cm³/mol. The zero-order chi connectivity index (χ0) is 18.2. The minimum Gasteiger partial charge on any atom is -0.494 e. The van der Waals surface area contributed by atoms with E-state index in [1.54, 1.807) is 24.4 Å². The number of anilines is 2. The number of ether oxygens (including phenoxy) is 1. The lowest BCUT2D eigenvalue weighted by Crippen LogP contribution is -2.37. The summed E-state index contributed by atoms with van der Waals surface area (Å²) in [6, 6.07) is 4.30. The molecule has 27 heavy (non-hydrogen) atoms. The van der Waals surface area contributed by atoms with Gasteiger partial charge in [-0.3, -0.25) is 9.59 Å². The molecule has 1 atom stereocenters. The minimum atomic E-state index is -0.713. The smallest absolute Gasteiger partial charge is 0.241 e. The van der Waals surface area contributed by atoms with Crippen LogP contribution in [0.25, 0.3) is 0 Å². The number of rotatable bonds is 8. The zero-order valence-corrected chi connectivity index (χ0v) is 16.8. The Labute approximate surface area is 170 Å². The van der Waals surface area contributed by atoms with Crippen LogP contribution in [-0.4, -0.2) is 34.9 Å². The van der Waals surface area contributed by atoms with Crippen molar-refractivity contribution in [1.82, 2.24) is 9.97 Å². The third-order valence-electron chi connectivity index (χ3n) is 3.55. The molecule has 0 saturated heterocycles. The monoisotopic (exact) mass is 417 g/mol. The molecule has 150 valence electrons. The van der Waals surface area contributed by atoms with Crippen molar-refractivity contribution in [3.8, 4) is 5.75 Å². The van der Waals surface area contributed by atoms with E-state index < -0.39 is 6.04 Å². The van der Waals surface area contributed by atoms with Crippen LogP contribution in [0, 0.1) is 0 Å². The maximum atomic E-state index is 12.2. The molecule has 0 radical (unpaired) electrons. The van der Waals surface area contributed by atoms with E-state index >= 15 is 0 Å². The van der Waals surface area contributed by atoms with Gasteiger partial charge in [0.15, 0.2) is 0 Å². The second-order valence-electron chi connectivity index (χ2n) is 5.59. The van der Waals surface area contributed by atoms with E-state index in [2.05, 4.69) is 20.6 Å². The Bertz CT molecular complexity index is 725. The highest BCUT2D eigenvalue weighted by atomic mass is 35.5.